The highest BCUT2D eigenvalue weighted by Crippen LogP contribution is 2.28. The number of nitrogen functional groups attached to an aromatic ring is 1. The number of phenolic OH excluding ortho intramolecular Hbond substituents is 1. The molecule has 2 aliphatic heterocycles. The summed E-state index contributed by atoms with van der Waals surface area (Å²) in [7, 11) is 0. The minimum atomic E-state index is -0.114. The second-order valence-electron chi connectivity index (χ2n) is 5.33. The van der Waals surface area contributed by atoms with E-state index in [1.165, 1.54) is 6.42 Å². The Hall–Kier alpha value is -1.75. The van der Waals surface area contributed by atoms with Gasteiger partial charge in [-0.2, -0.15) is 0 Å². The quantitative estimate of drug-likeness (QED) is 0.582. The minimum Gasteiger partial charge on any atom is -0.505 e. The van der Waals surface area contributed by atoms with Crippen LogP contribution in [0.2, 0.25) is 0 Å². The summed E-state index contributed by atoms with van der Waals surface area (Å²) in [6.07, 6.45) is 2.38. The van der Waals surface area contributed by atoms with Crippen molar-refractivity contribution in [3.05, 3.63) is 23.8 Å². The van der Waals surface area contributed by atoms with Gasteiger partial charge in [0, 0.05) is 25.7 Å². The van der Waals surface area contributed by atoms with Crippen molar-refractivity contribution >= 4 is 11.6 Å². The van der Waals surface area contributed by atoms with E-state index in [0.29, 0.717) is 11.6 Å². The van der Waals surface area contributed by atoms with Crippen LogP contribution in [-0.2, 0) is 0 Å². The van der Waals surface area contributed by atoms with E-state index >= 15 is 0 Å². The second-order valence-corrected chi connectivity index (χ2v) is 5.33. The van der Waals surface area contributed by atoms with Crippen LogP contribution in [0.3, 0.4) is 0 Å². The normalized spacial score (nSPS) is 23.4. The van der Waals surface area contributed by atoms with Crippen LogP contribution in [-0.4, -0.2) is 53.0 Å². The van der Waals surface area contributed by atoms with E-state index in [1.54, 1.807) is 18.2 Å². The predicted octanol–water partition coefficient (Wildman–Crippen LogP) is 0.895. The van der Waals surface area contributed by atoms with E-state index in [0.717, 1.165) is 32.6 Å². The highest BCUT2D eigenvalue weighted by atomic mass is 16.3. The van der Waals surface area contributed by atoms with Crippen LogP contribution in [0.5, 0.6) is 5.75 Å². The number of anilines is 1. The van der Waals surface area contributed by atoms with Crippen LogP contribution in [0.25, 0.3) is 0 Å². The number of carbonyl (C=O) groups excluding carboxylic acids is 1. The fourth-order valence-corrected chi connectivity index (χ4v) is 3.08. The Balaban J connectivity index is 1.79. The van der Waals surface area contributed by atoms with Crippen molar-refractivity contribution in [3.63, 3.8) is 0 Å². The monoisotopic (exact) mass is 261 g/mol. The molecule has 2 saturated heterocycles. The van der Waals surface area contributed by atoms with Gasteiger partial charge < -0.3 is 15.7 Å². The summed E-state index contributed by atoms with van der Waals surface area (Å²) >= 11 is 0. The first-order valence-corrected chi connectivity index (χ1v) is 6.77. The van der Waals surface area contributed by atoms with Gasteiger partial charge in [-0.25, -0.2) is 0 Å². The zero-order chi connectivity index (χ0) is 13.4. The molecule has 0 aliphatic carbocycles. The van der Waals surface area contributed by atoms with Crippen LogP contribution in [0.1, 0.15) is 23.2 Å². The van der Waals surface area contributed by atoms with Crippen molar-refractivity contribution in [2.24, 2.45) is 0 Å². The lowest BCUT2D eigenvalue weighted by Gasteiger charge is -2.37. The highest BCUT2D eigenvalue weighted by Gasteiger charge is 2.33. The molecule has 0 aromatic heterocycles. The number of benzene rings is 1. The molecule has 102 valence electrons. The van der Waals surface area contributed by atoms with E-state index in [4.69, 9.17) is 5.73 Å². The maximum absolute atomic E-state index is 12.5. The Morgan fingerprint density at radius 1 is 1.32 bits per heavy atom. The van der Waals surface area contributed by atoms with Gasteiger partial charge in [-0.3, -0.25) is 9.69 Å². The van der Waals surface area contributed by atoms with Gasteiger partial charge in [-0.15, -0.1) is 0 Å². The number of phenols is 1. The van der Waals surface area contributed by atoms with E-state index in [2.05, 4.69) is 4.90 Å². The molecule has 1 atom stereocenters. The van der Waals surface area contributed by atoms with E-state index in [1.807, 2.05) is 4.90 Å². The number of fused-ring (bicyclic) bond motifs is 1. The molecular weight excluding hydrogens is 242 g/mol. The van der Waals surface area contributed by atoms with Gasteiger partial charge in [0.05, 0.1) is 11.3 Å². The van der Waals surface area contributed by atoms with E-state index < -0.39 is 0 Å². The summed E-state index contributed by atoms with van der Waals surface area (Å²) in [5.74, 6) is -0.210. The summed E-state index contributed by atoms with van der Waals surface area (Å²) in [6.45, 7) is 3.56. The minimum absolute atomic E-state index is 0.0960. The first-order valence-electron chi connectivity index (χ1n) is 6.77. The molecule has 19 heavy (non-hydrogen) atoms. The Bertz CT molecular complexity index is 503. The second kappa shape index (κ2) is 4.74. The molecular formula is C14H19N3O2. The van der Waals surface area contributed by atoms with Gasteiger partial charge in [0.2, 0.25) is 0 Å². The molecule has 0 saturated carbocycles. The third-order valence-corrected chi connectivity index (χ3v) is 4.17. The van der Waals surface area contributed by atoms with Crippen molar-refractivity contribution in [3.8, 4) is 5.75 Å². The number of nitrogens with two attached hydrogens (primary N) is 1. The first kappa shape index (κ1) is 12.3. The van der Waals surface area contributed by atoms with Gasteiger partial charge >= 0.3 is 0 Å². The number of hydrogen-bond donors (Lipinski definition) is 2. The predicted molar refractivity (Wildman–Crippen MR) is 73.0 cm³/mol. The van der Waals surface area contributed by atoms with Crippen LogP contribution in [0.15, 0.2) is 18.2 Å². The van der Waals surface area contributed by atoms with Crippen molar-refractivity contribution < 1.29 is 9.90 Å². The Morgan fingerprint density at radius 2 is 2.16 bits per heavy atom. The van der Waals surface area contributed by atoms with Crippen molar-refractivity contribution in [1.29, 1.82) is 0 Å². The molecule has 2 aliphatic rings. The van der Waals surface area contributed by atoms with Crippen LogP contribution >= 0.6 is 0 Å². The highest BCUT2D eigenvalue weighted by molar-refractivity contribution is 5.98. The van der Waals surface area contributed by atoms with Gasteiger partial charge in [0.1, 0.15) is 0 Å². The fraction of sp³-hybridized carbons (Fsp3) is 0.500. The molecule has 0 radical (unpaired) electrons. The zero-order valence-electron chi connectivity index (χ0n) is 10.9. The van der Waals surface area contributed by atoms with Gasteiger partial charge in [0.25, 0.3) is 5.91 Å². The number of carbonyl (C=O) groups is 1. The zero-order valence-corrected chi connectivity index (χ0v) is 10.9. The molecule has 3 rings (SSSR count). The summed E-state index contributed by atoms with van der Waals surface area (Å²) < 4.78 is 0. The average molecular weight is 261 g/mol. The lowest BCUT2D eigenvalue weighted by Crippen LogP contribution is -2.52. The molecule has 2 heterocycles. The van der Waals surface area contributed by atoms with Crippen molar-refractivity contribution in [2.75, 3.05) is 31.9 Å². The molecule has 1 amide bonds. The number of aromatic hydroxyl groups is 1. The molecule has 2 fully saturated rings. The Kier molecular flexibility index (Phi) is 3.06. The number of piperazine rings is 1. The van der Waals surface area contributed by atoms with Crippen LogP contribution in [0.4, 0.5) is 5.69 Å². The smallest absolute Gasteiger partial charge is 0.257 e. The third-order valence-electron chi connectivity index (χ3n) is 4.17. The molecule has 0 spiro atoms. The first-order chi connectivity index (χ1) is 9.16. The Morgan fingerprint density at radius 3 is 3.00 bits per heavy atom. The molecule has 5 heteroatoms. The van der Waals surface area contributed by atoms with Crippen molar-refractivity contribution in [1.82, 2.24) is 9.80 Å². The molecule has 1 unspecified atom stereocenters. The number of nitrogens with zero attached hydrogens (tertiary/aromatic N) is 2. The summed E-state index contributed by atoms with van der Waals surface area (Å²) in [5, 5.41) is 9.90. The molecule has 5 nitrogen and oxygen atoms in total. The third kappa shape index (κ3) is 2.14. The lowest BCUT2D eigenvalue weighted by molar-refractivity contribution is 0.0568. The van der Waals surface area contributed by atoms with Crippen LogP contribution in [0, 0.1) is 0 Å². The molecule has 3 N–H and O–H groups in total. The SMILES string of the molecule is Nc1cccc(C(=O)N2CCN3CCCC3C2)c1O. The number of rotatable bonds is 1. The van der Waals surface area contributed by atoms with Crippen molar-refractivity contribution in [2.45, 2.75) is 18.9 Å². The average Bonchev–Trinajstić information content (AvgIpc) is 2.88. The van der Waals surface area contributed by atoms with Gasteiger partial charge in [-0.05, 0) is 31.5 Å². The largest absolute Gasteiger partial charge is 0.505 e. The molecule has 1 aromatic rings. The molecule has 0 bridgehead atoms. The van der Waals surface area contributed by atoms with E-state index in [-0.39, 0.29) is 17.3 Å². The number of amides is 1. The standard InChI is InChI=1S/C14H19N3O2/c15-12-5-1-4-11(13(12)18)14(19)17-8-7-16-6-2-3-10(16)9-17/h1,4-5,10,18H,2-3,6-9,15H2. The lowest BCUT2D eigenvalue weighted by atomic mass is 10.1. The summed E-state index contributed by atoms with van der Waals surface area (Å²) in [4.78, 5) is 16.7. The number of hydrogen-bond acceptors (Lipinski definition) is 4. The Labute approximate surface area is 112 Å². The summed E-state index contributed by atoms with van der Waals surface area (Å²) in [6, 6.07) is 5.42. The fourth-order valence-electron chi connectivity index (χ4n) is 3.08. The topological polar surface area (TPSA) is 69.8 Å². The maximum atomic E-state index is 12.5. The van der Waals surface area contributed by atoms with Gasteiger partial charge in [-0.1, -0.05) is 6.07 Å². The van der Waals surface area contributed by atoms with Gasteiger partial charge in [0.15, 0.2) is 5.75 Å². The maximum Gasteiger partial charge on any atom is 0.257 e. The summed E-state index contributed by atoms with van der Waals surface area (Å²) in [5.41, 5.74) is 6.21. The van der Waals surface area contributed by atoms with E-state index in [9.17, 15) is 9.90 Å². The number of para-hydroxylation sites is 1. The molecule has 1 aromatic carbocycles. The van der Waals surface area contributed by atoms with Crippen LogP contribution < -0.4 is 5.73 Å².